The second-order valence-electron chi connectivity index (χ2n) is 5.77. The molecule has 1 aliphatic rings. The lowest BCUT2D eigenvalue weighted by Crippen LogP contribution is -2.45. The summed E-state index contributed by atoms with van der Waals surface area (Å²) < 4.78 is 52.6. The lowest BCUT2D eigenvalue weighted by Gasteiger charge is -2.36. The molecule has 1 saturated heterocycles. The number of hydrogen-bond donors (Lipinski definition) is 1. The molecule has 1 unspecified atom stereocenters. The van der Waals surface area contributed by atoms with E-state index in [1.807, 2.05) is 17.0 Å². The van der Waals surface area contributed by atoms with Crippen LogP contribution in [0.5, 0.6) is 0 Å². The van der Waals surface area contributed by atoms with E-state index in [4.69, 9.17) is 0 Å². The van der Waals surface area contributed by atoms with Crippen LogP contribution >= 0.6 is 12.4 Å². The molecule has 8 heteroatoms. The monoisotopic (exact) mass is 375 g/mol. The first-order chi connectivity index (χ1) is 11.4. The Balaban J connectivity index is 0.00000225. The molecule has 0 aliphatic carbocycles. The van der Waals surface area contributed by atoms with E-state index in [0.717, 1.165) is 23.8 Å². The van der Waals surface area contributed by atoms with E-state index >= 15 is 0 Å². The number of rotatable bonds is 3. The summed E-state index contributed by atoms with van der Waals surface area (Å²) in [6.45, 7) is 2.12. The molecule has 2 heterocycles. The van der Waals surface area contributed by atoms with Gasteiger partial charge in [0.15, 0.2) is 0 Å². The number of nitrogens with one attached hydrogen (secondary N) is 1. The van der Waals surface area contributed by atoms with Crippen LogP contribution in [0.3, 0.4) is 0 Å². The summed E-state index contributed by atoms with van der Waals surface area (Å²) in [4.78, 5) is 5.97. The molecular weight excluding hydrogens is 358 g/mol. The van der Waals surface area contributed by atoms with Crippen molar-refractivity contribution in [2.75, 3.05) is 19.6 Å². The maximum atomic E-state index is 14.0. The molecule has 0 bridgehead atoms. The minimum absolute atomic E-state index is 0. The molecule has 25 heavy (non-hydrogen) atoms. The maximum absolute atomic E-state index is 14.0. The average molecular weight is 376 g/mol. The Hall–Kier alpha value is -1.70. The molecule has 3 rings (SSSR count). The van der Waals surface area contributed by atoms with Crippen molar-refractivity contribution in [3.05, 3.63) is 65.2 Å². The van der Waals surface area contributed by atoms with E-state index in [2.05, 4.69) is 10.3 Å². The summed E-state index contributed by atoms with van der Waals surface area (Å²) in [6, 6.07) is 6.27. The fourth-order valence-electron chi connectivity index (χ4n) is 2.94. The van der Waals surface area contributed by atoms with Gasteiger partial charge in [-0.05, 0) is 35.9 Å². The van der Waals surface area contributed by atoms with E-state index in [-0.39, 0.29) is 30.6 Å². The van der Waals surface area contributed by atoms with Crippen molar-refractivity contribution in [1.82, 2.24) is 15.2 Å². The van der Waals surface area contributed by atoms with Crippen molar-refractivity contribution in [3.8, 4) is 0 Å². The van der Waals surface area contributed by atoms with E-state index in [1.54, 1.807) is 12.4 Å². The van der Waals surface area contributed by atoms with E-state index in [1.165, 1.54) is 0 Å². The molecule has 1 aliphatic heterocycles. The van der Waals surface area contributed by atoms with Gasteiger partial charge in [0.05, 0.1) is 5.56 Å². The molecule has 0 saturated carbocycles. The fourth-order valence-corrected chi connectivity index (χ4v) is 2.94. The summed E-state index contributed by atoms with van der Waals surface area (Å²) in [6.07, 6.45) is -1.13. The Labute approximate surface area is 149 Å². The molecule has 3 nitrogen and oxygen atoms in total. The van der Waals surface area contributed by atoms with Gasteiger partial charge in [0.1, 0.15) is 5.82 Å². The third kappa shape index (κ3) is 4.68. The summed E-state index contributed by atoms with van der Waals surface area (Å²) in [7, 11) is 0. The van der Waals surface area contributed by atoms with Crippen LogP contribution in [0.15, 0.2) is 42.7 Å². The number of nitrogens with zero attached hydrogens (tertiary/aromatic N) is 2. The third-order valence-electron chi connectivity index (χ3n) is 4.19. The molecule has 1 atom stereocenters. The van der Waals surface area contributed by atoms with Crippen molar-refractivity contribution >= 4 is 12.4 Å². The Morgan fingerprint density at radius 3 is 2.56 bits per heavy atom. The summed E-state index contributed by atoms with van der Waals surface area (Å²) >= 11 is 0. The molecule has 1 aromatic carbocycles. The van der Waals surface area contributed by atoms with Crippen LogP contribution in [-0.4, -0.2) is 29.5 Å². The summed E-state index contributed by atoms with van der Waals surface area (Å²) in [5.74, 6) is -0.616. The number of benzene rings is 1. The van der Waals surface area contributed by atoms with Crippen LogP contribution < -0.4 is 5.32 Å². The van der Waals surface area contributed by atoms with Crippen molar-refractivity contribution in [3.63, 3.8) is 0 Å². The van der Waals surface area contributed by atoms with Crippen molar-refractivity contribution < 1.29 is 17.6 Å². The Kier molecular flexibility index (Phi) is 6.37. The second-order valence-corrected chi connectivity index (χ2v) is 5.77. The summed E-state index contributed by atoms with van der Waals surface area (Å²) in [5.41, 5.74) is 0.241. The van der Waals surface area contributed by atoms with Gasteiger partial charge in [-0.1, -0.05) is 0 Å². The van der Waals surface area contributed by atoms with E-state index < -0.39 is 17.6 Å². The number of halogens is 5. The zero-order valence-corrected chi connectivity index (χ0v) is 14.1. The zero-order chi connectivity index (χ0) is 17.2. The topological polar surface area (TPSA) is 28.2 Å². The molecular formula is C17H18ClF4N3. The minimum atomic E-state index is -4.48. The SMILES string of the molecule is Cl.Fc1ccc(C(F)(F)F)cc1CN1CCNCC1c1ccncc1. The number of pyridine rings is 1. The number of alkyl halides is 3. The molecule has 0 radical (unpaired) electrons. The molecule has 1 N–H and O–H groups in total. The van der Waals surface area contributed by atoms with Crippen molar-refractivity contribution in [2.24, 2.45) is 0 Å². The fraction of sp³-hybridized carbons (Fsp3) is 0.353. The van der Waals surface area contributed by atoms with Crippen LogP contribution in [0.1, 0.15) is 22.7 Å². The van der Waals surface area contributed by atoms with E-state index in [0.29, 0.717) is 19.6 Å². The largest absolute Gasteiger partial charge is 0.416 e. The lowest BCUT2D eigenvalue weighted by atomic mass is 10.0. The minimum Gasteiger partial charge on any atom is -0.314 e. The molecule has 0 amide bonds. The van der Waals surface area contributed by atoms with Gasteiger partial charge in [-0.25, -0.2) is 4.39 Å². The normalized spacial score (nSPS) is 18.6. The van der Waals surface area contributed by atoms with Gasteiger partial charge in [-0.15, -0.1) is 12.4 Å². The van der Waals surface area contributed by atoms with Crippen LogP contribution in [0.2, 0.25) is 0 Å². The first kappa shape index (κ1) is 19.6. The highest BCUT2D eigenvalue weighted by Gasteiger charge is 2.32. The van der Waals surface area contributed by atoms with Gasteiger partial charge < -0.3 is 5.32 Å². The highest BCUT2D eigenvalue weighted by Crippen LogP contribution is 2.31. The third-order valence-corrected chi connectivity index (χ3v) is 4.19. The lowest BCUT2D eigenvalue weighted by molar-refractivity contribution is -0.137. The highest BCUT2D eigenvalue weighted by molar-refractivity contribution is 5.85. The molecule has 1 aromatic heterocycles. The van der Waals surface area contributed by atoms with E-state index in [9.17, 15) is 17.6 Å². The van der Waals surface area contributed by atoms with Crippen LogP contribution in [0, 0.1) is 5.82 Å². The van der Waals surface area contributed by atoms with Gasteiger partial charge in [-0.2, -0.15) is 13.2 Å². The molecule has 1 fully saturated rings. The molecule has 2 aromatic rings. The summed E-state index contributed by atoms with van der Waals surface area (Å²) in [5, 5.41) is 3.26. The van der Waals surface area contributed by atoms with Crippen molar-refractivity contribution in [2.45, 2.75) is 18.8 Å². The maximum Gasteiger partial charge on any atom is 0.416 e. The van der Waals surface area contributed by atoms with Gasteiger partial charge in [0.25, 0.3) is 0 Å². The smallest absolute Gasteiger partial charge is 0.314 e. The quantitative estimate of drug-likeness (QED) is 0.827. The molecule has 136 valence electrons. The van der Waals surface area contributed by atoms with Gasteiger partial charge in [0.2, 0.25) is 0 Å². The molecule has 0 spiro atoms. The Morgan fingerprint density at radius 1 is 1.16 bits per heavy atom. The predicted octanol–water partition coefficient (Wildman–Crippen LogP) is 3.81. The number of piperazine rings is 1. The van der Waals surface area contributed by atoms with Gasteiger partial charge in [-0.3, -0.25) is 9.88 Å². The van der Waals surface area contributed by atoms with Crippen LogP contribution in [0.4, 0.5) is 17.6 Å². The van der Waals surface area contributed by atoms with Gasteiger partial charge in [0, 0.05) is 50.2 Å². The zero-order valence-electron chi connectivity index (χ0n) is 13.3. The van der Waals surface area contributed by atoms with Crippen LogP contribution in [0.25, 0.3) is 0 Å². The second kappa shape index (κ2) is 8.12. The standard InChI is InChI=1S/C17H17F4N3.ClH/c18-15-2-1-14(17(19,20)21)9-13(15)11-24-8-7-23-10-16(24)12-3-5-22-6-4-12;/h1-6,9,16,23H,7-8,10-11H2;1H. The number of aromatic nitrogens is 1. The first-order valence-corrected chi connectivity index (χ1v) is 7.65. The first-order valence-electron chi connectivity index (χ1n) is 7.65. The Bertz CT molecular complexity index is 694. The number of hydrogen-bond acceptors (Lipinski definition) is 3. The highest BCUT2D eigenvalue weighted by atomic mass is 35.5. The Morgan fingerprint density at radius 2 is 1.88 bits per heavy atom. The predicted molar refractivity (Wildman–Crippen MR) is 88.9 cm³/mol. The van der Waals surface area contributed by atoms with Crippen LogP contribution in [-0.2, 0) is 12.7 Å². The van der Waals surface area contributed by atoms with Crippen molar-refractivity contribution in [1.29, 1.82) is 0 Å². The van der Waals surface area contributed by atoms with Gasteiger partial charge >= 0.3 is 6.18 Å². The average Bonchev–Trinajstić information content (AvgIpc) is 2.57.